The summed E-state index contributed by atoms with van der Waals surface area (Å²) in [6, 6.07) is 13.4. The van der Waals surface area contributed by atoms with Gasteiger partial charge in [0.25, 0.3) is 0 Å². The summed E-state index contributed by atoms with van der Waals surface area (Å²) in [7, 11) is 1.80. The first-order valence-corrected chi connectivity index (χ1v) is 7.31. The van der Waals surface area contributed by atoms with Gasteiger partial charge in [-0.05, 0) is 24.6 Å². The third-order valence-electron chi connectivity index (χ3n) is 3.79. The van der Waals surface area contributed by atoms with E-state index in [0.29, 0.717) is 5.56 Å². The van der Waals surface area contributed by atoms with Crippen molar-refractivity contribution in [3.63, 3.8) is 0 Å². The molecule has 0 unspecified atom stereocenters. The molecule has 0 aliphatic carbocycles. The average Bonchev–Trinajstić information content (AvgIpc) is 2.93. The molecule has 1 atom stereocenters. The topological polar surface area (TPSA) is 57.0 Å². The van der Waals surface area contributed by atoms with Gasteiger partial charge in [-0.1, -0.05) is 30.3 Å². The Kier molecular flexibility index (Phi) is 4.19. The van der Waals surface area contributed by atoms with Crippen LogP contribution in [0.1, 0.15) is 33.3 Å². The number of benzene rings is 1. The van der Waals surface area contributed by atoms with E-state index >= 15 is 0 Å². The molecule has 0 fully saturated rings. The minimum atomic E-state index is -0.480. The smallest absolute Gasteiger partial charge is 0.342 e. The Bertz CT molecular complexity index is 758. The van der Waals surface area contributed by atoms with Crippen molar-refractivity contribution < 1.29 is 9.53 Å². The molecule has 2 aromatic heterocycles. The summed E-state index contributed by atoms with van der Waals surface area (Å²) in [5, 5.41) is 4.10. The maximum Gasteiger partial charge on any atom is 0.342 e. The van der Waals surface area contributed by atoms with Crippen molar-refractivity contribution in [2.75, 3.05) is 0 Å². The Hall–Kier alpha value is -2.95. The van der Waals surface area contributed by atoms with Crippen LogP contribution in [0.4, 0.5) is 0 Å². The van der Waals surface area contributed by atoms with Gasteiger partial charge >= 0.3 is 5.97 Å². The number of pyridine rings is 1. The molecular formula is C18H17N3O2. The van der Waals surface area contributed by atoms with Crippen LogP contribution >= 0.6 is 0 Å². The SMILES string of the molecule is Cc1c(C(=O)O[C@@H](c2ccccc2)c2ccncc2)cnn1C. The van der Waals surface area contributed by atoms with Gasteiger partial charge in [0.1, 0.15) is 5.56 Å². The van der Waals surface area contributed by atoms with Gasteiger partial charge in [0, 0.05) is 30.7 Å². The minimum absolute atomic E-state index is 0.388. The molecule has 23 heavy (non-hydrogen) atoms. The molecule has 0 saturated carbocycles. The Balaban J connectivity index is 1.94. The number of carbonyl (C=O) groups excluding carboxylic acids is 1. The molecular weight excluding hydrogens is 290 g/mol. The number of esters is 1. The van der Waals surface area contributed by atoms with Crippen LogP contribution < -0.4 is 0 Å². The van der Waals surface area contributed by atoms with E-state index in [2.05, 4.69) is 10.1 Å². The van der Waals surface area contributed by atoms with Crippen molar-refractivity contribution in [1.82, 2.24) is 14.8 Å². The highest BCUT2D eigenvalue weighted by atomic mass is 16.5. The van der Waals surface area contributed by atoms with Crippen molar-refractivity contribution in [2.45, 2.75) is 13.0 Å². The fourth-order valence-corrected chi connectivity index (χ4v) is 2.36. The summed E-state index contributed by atoms with van der Waals surface area (Å²) < 4.78 is 7.44. The van der Waals surface area contributed by atoms with Crippen LogP contribution in [0.3, 0.4) is 0 Å². The lowest BCUT2D eigenvalue weighted by Crippen LogP contribution is -2.13. The van der Waals surface area contributed by atoms with Crippen LogP contribution in [0.15, 0.2) is 61.1 Å². The van der Waals surface area contributed by atoms with Crippen LogP contribution in [0.5, 0.6) is 0 Å². The van der Waals surface area contributed by atoms with E-state index in [1.54, 1.807) is 24.1 Å². The number of rotatable bonds is 4. The maximum absolute atomic E-state index is 12.5. The Morgan fingerprint density at radius 3 is 2.35 bits per heavy atom. The molecule has 0 saturated heterocycles. The molecule has 0 amide bonds. The van der Waals surface area contributed by atoms with E-state index in [1.165, 1.54) is 6.20 Å². The van der Waals surface area contributed by atoms with Crippen LogP contribution in [0, 0.1) is 6.92 Å². The summed E-state index contributed by atoms with van der Waals surface area (Å²) in [5.41, 5.74) is 3.04. The van der Waals surface area contributed by atoms with E-state index in [0.717, 1.165) is 16.8 Å². The predicted octanol–water partition coefficient (Wildman–Crippen LogP) is 3.07. The second kappa shape index (κ2) is 6.44. The molecule has 0 aliphatic rings. The quantitative estimate of drug-likeness (QED) is 0.695. The van der Waals surface area contributed by atoms with Gasteiger partial charge in [0.2, 0.25) is 0 Å². The molecule has 3 rings (SSSR count). The summed E-state index contributed by atoms with van der Waals surface area (Å²) >= 11 is 0. The maximum atomic E-state index is 12.5. The predicted molar refractivity (Wildman–Crippen MR) is 85.9 cm³/mol. The second-order valence-electron chi connectivity index (χ2n) is 5.24. The number of nitrogens with zero attached hydrogens (tertiary/aromatic N) is 3. The monoisotopic (exact) mass is 307 g/mol. The van der Waals surface area contributed by atoms with Crippen molar-refractivity contribution in [2.24, 2.45) is 7.05 Å². The first-order chi connectivity index (χ1) is 11.2. The molecule has 116 valence electrons. The van der Waals surface area contributed by atoms with Crippen LogP contribution in [0.25, 0.3) is 0 Å². The average molecular weight is 307 g/mol. The van der Waals surface area contributed by atoms with Gasteiger partial charge in [0.05, 0.1) is 6.20 Å². The molecule has 0 N–H and O–H groups in total. The fraction of sp³-hybridized carbons (Fsp3) is 0.167. The highest BCUT2D eigenvalue weighted by molar-refractivity contribution is 5.90. The summed E-state index contributed by atoms with van der Waals surface area (Å²) in [4.78, 5) is 16.6. The third-order valence-corrected chi connectivity index (χ3v) is 3.79. The first-order valence-electron chi connectivity index (χ1n) is 7.31. The number of ether oxygens (including phenoxy) is 1. The number of aromatic nitrogens is 3. The zero-order valence-electron chi connectivity index (χ0n) is 13.0. The molecule has 0 spiro atoms. The van der Waals surface area contributed by atoms with Crippen LogP contribution in [-0.4, -0.2) is 20.7 Å². The van der Waals surface area contributed by atoms with E-state index in [-0.39, 0.29) is 5.97 Å². The molecule has 3 aromatic rings. The van der Waals surface area contributed by atoms with Crippen molar-refractivity contribution in [3.8, 4) is 0 Å². The van der Waals surface area contributed by atoms with Crippen molar-refractivity contribution >= 4 is 5.97 Å². The Labute approximate surface area is 134 Å². The van der Waals surface area contributed by atoms with Crippen LogP contribution in [0.2, 0.25) is 0 Å². The highest BCUT2D eigenvalue weighted by Crippen LogP contribution is 2.27. The molecule has 0 aliphatic heterocycles. The number of hydrogen-bond donors (Lipinski definition) is 0. The molecule has 5 nitrogen and oxygen atoms in total. The lowest BCUT2D eigenvalue weighted by molar-refractivity contribution is 0.0377. The zero-order valence-corrected chi connectivity index (χ0v) is 13.0. The molecule has 0 bridgehead atoms. The minimum Gasteiger partial charge on any atom is -0.449 e. The van der Waals surface area contributed by atoms with Crippen molar-refractivity contribution in [3.05, 3.63) is 83.4 Å². The molecule has 5 heteroatoms. The van der Waals surface area contributed by atoms with E-state index in [9.17, 15) is 4.79 Å². The number of carbonyl (C=O) groups is 1. The van der Waals surface area contributed by atoms with Gasteiger partial charge in [0.15, 0.2) is 6.10 Å². The van der Waals surface area contributed by atoms with E-state index < -0.39 is 6.10 Å². The lowest BCUT2D eigenvalue weighted by atomic mass is 10.0. The molecule has 1 aromatic carbocycles. The lowest BCUT2D eigenvalue weighted by Gasteiger charge is -2.18. The fourth-order valence-electron chi connectivity index (χ4n) is 2.36. The third kappa shape index (κ3) is 3.13. The first kappa shape index (κ1) is 15.0. The summed E-state index contributed by atoms with van der Waals surface area (Å²) in [5.74, 6) is -0.388. The Morgan fingerprint density at radius 1 is 1.09 bits per heavy atom. The van der Waals surface area contributed by atoms with Gasteiger partial charge in [-0.2, -0.15) is 5.10 Å². The Morgan fingerprint density at radius 2 is 1.74 bits per heavy atom. The summed E-state index contributed by atoms with van der Waals surface area (Å²) in [6.45, 7) is 1.84. The largest absolute Gasteiger partial charge is 0.449 e. The van der Waals surface area contributed by atoms with E-state index in [4.69, 9.17) is 4.74 Å². The van der Waals surface area contributed by atoms with Gasteiger partial charge in [-0.15, -0.1) is 0 Å². The van der Waals surface area contributed by atoms with Crippen molar-refractivity contribution in [1.29, 1.82) is 0 Å². The molecule has 0 radical (unpaired) electrons. The molecule has 2 heterocycles. The van der Waals surface area contributed by atoms with Gasteiger partial charge < -0.3 is 4.74 Å². The second-order valence-corrected chi connectivity index (χ2v) is 5.24. The van der Waals surface area contributed by atoms with E-state index in [1.807, 2.05) is 49.4 Å². The standard InChI is InChI=1S/C18H17N3O2/c1-13-16(12-20-21(13)2)18(22)23-17(14-6-4-3-5-7-14)15-8-10-19-11-9-15/h3-12,17H,1-2H3/t17-/m0/s1. The van der Waals surface area contributed by atoms with Gasteiger partial charge in [-0.3, -0.25) is 9.67 Å². The normalized spacial score (nSPS) is 11.9. The van der Waals surface area contributed by atoms with Gasteiger partial charge in [-0.25, -0.2) is 4.79 Å². The number of aryl methyl sites for hydroxylation is 1. The summed E-state index contributed by atoms with van der Waals surface area (Å²) in [6.07, 6.45) is 4.43. The highest BCUT2D eigenvalue weighted by Gasteiger charge is 2.22. The zero-order chi connectivity index (χ0) is 16.2. The van der Waals surface area contributed by atoms with Crippen LogP contribution in [-0.2, 0) is 11.8 Å². The number of hydrogen-bond acceptors (Lipinski definition) is 4.